The van der Waals surface area contributed by atoms with Crippen LogP contribution in [0, 0.1) is 6.92 Å². The van der Waals surface area contributed by atoms with Gasteiger partial charge in [0.1, 0.15) is 35.2 Å². The zero-order valence-corrected chi connectivity index (χ0v) is 27.4. The smallest absolute Gasteiger partial charge is 0.408 e. The molecule has 0 unspecified atom stereocenters. The summed E-state index contributed by atoms with van der Waals surface area (Å²) in [7, 11) is 4.09. The van der Waals surface area contributed by atoms with Crippen molar-refractivity contribution in [3.63, 3.8) is 0 Å². The van der Waals surface area contributed by atoms with Crippen LogP contribution >= 0.6 is 0 Å². The molecule has 0 saturated heterocycles. The highest BCUT2D eigenvalue weighted by Crippen LogP contribution is 2.39. The van der Waals surface area contributed by atoms with E-state index in [4.69, 9.17) is 29.4 Å². The van der Waals surface area contributed by atoms with Crippen LogP contribution in [-0.2, 0) is 30.3 Å². The van der Waals surface area contributed by atoms with Crippen LogP contribution in [0.15, 0.2) is 60.7 Å². The van der Waals surface area contributed by atoms with Gasteiger partial charge in [-0.2, -0.15) is 0 Å². The van der Waals surface area contributed by atoms with Crippen molar-refractivity contribution < 1.29 is 48.0 Å². The number of benzene rings is 3. The average molecular weight is 652 g/mol. The van der Waals surface area contributed by atoms with Gasteiger partial charge in [0.2, 0.25) is 5.91 Å². The van der Waals surface area contributed by atoms with Gasteiger partial charge in [-0.3, -0.25) is 9.59 Å². The van der Waals surface area contributed by atoms with E-state index < -0.39 is 47.7 Å². The summed E-state index contributed by atoms with van der Waals surface area (Å²) in [5.41, 5.74) is 7.03. The number of carboxylic acids is 1. The Morgan fingerprint density at radius 3 is 2.02 bits per heavy atom. The monoisotopic (exact) mass is 651 g/mol. The van der Waals surface area contributed by atoms with E-state index in [-0.39, 0.29) is 29.2 Å². The van der Waals surface area contributed by atoms with Crippen molar-refractivity contribution in [2.24, 2.45) is 5.73 Å². The van der Waals surface area contributed by atoms with Crippen LogP contribution in [-0.4, -0.2) is 62.0 Å². The second-order valence-corrected chi connectivity index (χ2v) is 11.5. The first-order valence-electron chi connectivity index (χ1n) is 14.6. The van der Waals surface area contributed by atoms with Crippen molar-refractivity contribution in [3.05, 3.63) is 82.9 Å². The number of ether oxygens (including phenoxy) is 5. The maximum Gasteiger partial charge on any atom is 0.408 e. The molecule has 3 rings (SSSR count). The summed E-state index contributed by atoms with van der Waals surface area (Å²) in [5.74, 6) is -1.71. The van der Waals surface area contributed by atoms with Crippen molar-refractivity contribution >= 4 is 23.9 Å². The molecule has 0 aliphatic rings. The molecule has 0 radical (unpaired) electrons. The highest BCUT2D eigenvalue weighted by molar-refractivity contribution is 5.90. The minimum absolute atomic E-state index is 0.00318. The van der Waals surface area contributed by atoms with Gasteiger partial charge in [0.25, 0.3) is 0 Å². The minimum Gasteiger partial charge on any atom is -0.496 e. The van der Waals surface area contributed by atoms with E-state index in [0.29, 0.717) is 22.4 Å². The Hall–Kier alpha value is -5.30. The number of nitrogens with two attached hydrogens (primary N) is 1. The lowest BCUT2D eigenvalue weighted by atomic mass is 10.0. The average Bonchev–Trinajstić information content (AvgIpc) is 3.03. The van der Waals surface area contributed by atoms with Crippen LogP contribution in [0.2, 0.25) is 0 Å². The first-order chi connectivity index (χ1) is 22.2. The van der Waals surface area contributed by atoms with Gasteiger partial charge < -0.3 is 45.2 Å². The standard InChI is InChI=1S/C34H41N3O10/c1-19-25(44-6)17-22(28(35)32(41)45-7)18-26(19)46-27-16-21(13-14-24(27)43-5)29(37-33(42)47-34(2,3)4)30(38)36-23(31(39)40)15-20-11-9-8-10-12-20/h8-14,16-18,23,28-29H,15,35H2,1-7H3,(H,36,38)(H,37,42)(H,39,40)/t23-,28+,29-/m1/s1. The third-order valence-electron chi connectivity index (χ3n) is 6.93. The molecule has 3 aromatic rings. The maximum absolute atomic E-state index is 13.7. The topological polar surface area (TPSA) is 185 Å². The molecule has 13 nitrogen and oxygen atoms in total. The van der Waals surface area contributed by atoms with Gasteiger partial charge in [0, 0.05) is 12.0 Å². The Labute approximate surface area is 273 Å². The van der Waals surface area contributed by atoms with Crippen LogP contribution in [0.4, 0.5) is 4.79 Å². The molecule has 252 valence electrons. The number of methoxy groups -OCH3 is 3. The Morgan fingerprint density at radius 1 is 0.830 bits per heavy atom. The van der Waals surface area contributed by atoms with Gasteiger partial charge in [0.15, 0.2) is 11.5 Å². The number of carboxylic acid groups (broad SMARTS) is 1. The van der Waals surface area contributed by atoms with Gasteiger partial charge in [-0.05, 0) is 68.7 Å². The number of carbonyl (C=O) groups excluding carboxylic acids is 3. The number of esters is 1. The van der Waals surface area contributed by atoms with Crippen molar-refractivity contribution in [1.29, 1.82) is 0 Å². The van der Waals surface area contributed by atoms with Gasteiger partial charge in [-0.15, -0.1) is 0 Å². The van der Waals surface area contributed by atoms with Crippen molar-refractivity contribution in [1.82, 2.24) is 10.6 Å². The molecule has 0 aromatic heterocycles. The van der Waals surface area contributed by atoms with Gasteiger partial charge >= 0.3 is 18.0 Å². The fourth-order valence-electron chi connectivity index (χ4n) is 4.54. The largest absolute Gasteiger partial charge is 0.496 e. The zero-order valence-electron chi connectivity index (χ0n) is 27.4. The first-order valence-corrected chi connectivity index (χ1v) is 14.6. The molecule has 3 atom stereocenters. The molecule has 0 heterocycles. The van der Waals surface area contributed by atoms with Gasteiger partial charge in [-0.1, -0.05) is 36.4 Å². The van der Waals surface area contributed by atoms with Crippen molar-refractivity contribution in [2.75, 3.05) is 21.3 Å². The molecular weight excluding hydrogens is 610 g/mol. The quantitative estimate of drug-likeness (QED) is 0.193. The Balaban J connectivity index is 2.05. The predicted molar refractivity (Wildman–Crippen MR) is 172 cm³/mol. The van der Waals surface area contributed by atoms with Crippen LogP contribution in [0.25, 0.3) is 0 Å². The Kier molecular flexibility index (Phi) is 12.2. The van der Waals surface area contributed by atoms with Crippen molar-refractivity contribution in [2.45, 2.75) is 57.8 Å². The number of rotatable bonds is 13. The van der Waals surface area contributed by atoms with Crippen LogP contribution in [0.5, 0.6) is 23.0 Å². The van der Waals surface area contributed by atoms with Gasteiger partial charge in [-0.25, -0.2) is 9.59 Å². The molecule has 0 aliphatic carbocycles. The number of hydrogen-bond acceptors (Lipinski definition) is 10. The van der Waals surface area contributed by atoms with E-state index in [1.54, 1.807) is 70.2 Å². The number of alkyl carbamates (subject to hydrolysis) is 1. The second-order valence-electron chi connectivity index (χ2n) is 11.5. The number of amides is 2. The molecule has 13 heteroatoms. The summed E-state index contributed by atoms with van der Waals surface area (Å²) in [6, 6.07) is 12.6. The lowest BCUT2D eigenvalue weighted by Gasteiger charge is -2.25. The molecule has 0 spiro atoms. The highest BCUT2D eigenvalue weighted by Gasteiger charge is 2.31. The molecule has 2 amide bonds. The summed E-state index contributed by atoms with van der Waals surface area (Å²) in [6.45, 7) is 6.73. The normalized spacial score (nSPS) is 12.9. The van der Waals surface area contributed by atoms with E-state index in [9.17, 15) is 24.3 Å². The predicted octanol–water partition coefficient (Wildman–Crippen LogP) is 4.36. The molecule has 5 N–H and O–H groups in total. The number of aliphatic carboxylic acids is 1. The molecule has 0 saturated carbocycles. The maximum atomic E-state index is 13.7. The molecule has 47 heavy (non-hydrogen) atoms. The van der Waals surface area contributed by atoms with E-state index in [1.807, 2.05) is 0 Å². The lowest BCUT2D eigenvalue weighted by molar-refractivity contribution is -0.142. The minimum atomic E-state index is -1.41. The summed E-state index contributed by atoms with van der Waals surface area (Å²) in [4.78, 5) is 51.0. The third-order valence-corrected chi connectivity index (χ3v) is 6.93. The van der Waals surface area contributed by atoms with Crippen LogP contribution in [0.1, 0.15) is 55.1 Å². The fraction of sp³-hybridized carbons (Fsp3) is 0.353. The highest BCUT2D eigenvalue weighted by atomic mass is 16.6. The van der Waals surface area contributed by atoms with Gasteiger partial charge in [0.05, 0.1) is 21.3 Å². The SMILES string of the molecule is COC(=O)[C@@H](N)c1cc(OC)c(C)c(Oc2cc([C@@H](NC(=O)OC(C)(C)C)C(=O)N[C@H](Cc3ccccc3)C(=O)O)ccc2OC)c1. The lowest BCUT2D eigenvalue weighted by Crippen LogP contribution is -2.48. The van der Waals surface area contributed by atoms with Crippen LogP contribution in [0.3, 0.4) is 0 Å². The second kappa shape index (κ2) is 15.8. The molecule has 3 aromatic carbocycles. The summed E-state index contributed by atoms with van der Waals surface area (Å²) in [5, 5.41) is 15.0. The first kappa shape index (κ1) is 36.2. The summed E-state index contributed by atoms with van der Waals surface area (Å²) >= 11 is 0. The summed E-state index contributed by atoms with van der Waals surface area (Å²) < 4.78 is 27.4. The third kappa shape index (κ3) is 9.84. The number of carbonyl (C=O) groups is 4. The van der Waals surface area contributed by atoms with Crippen molar-refractivity contribution in [3.8, 4) is 23.0 Å². The fourth-order valence-corrected chi connectivity index (χ4v) is 4.54. The molecular formula is C34H41N3O10. The van der Waals surface area contributed by atoms with E-state index >= 15 is 0 Å². The van der Waals surface area contributed by atoms with E-state index in [0.717, 1.165) is 0 Å². The summed E-state index contributed by atoms with van der Waals surface area (Å²) in [6.07, 6.45) is -0.903. The van der Waals surface area contributed by atoms with Crippen LogP contribution < -0.4 is 30.6 Å². The Bertz CT molecular complexity index is 1590. The van der Waals surface area contributed by atoms with E-state index in [1.165, 1.54) is 39.5 Å². The number of nitrogens with one attached hydrogen (secondary N) is 2. The molecule has 0 bridgehead atoms. The molecule has 0 fully saturated rings. The van der Waals surface area contributed by atoms with E-state index in [2.05, 4.69) is 10.6 Å². The zero-order chi connectivity index (χ0) is 34.9. The molecule has 0 aliphatic heterocycles. The number of hydrogen-bond donors (Lipinski definition) is 4. The Morgan fingerprint density at radius 2 is 1.45 bits per heavy atom.